The number of anilines is 1. The maximum absolute atomic E-state index is 13.3. The second kappa shape index (κ2) is 10.1. The molecular weight excluding hydrogens is 497 g/mol. The van der Waals surface area contributed by atoms with E-state index in [4.69, 9.17) is 28.3 Å². The van der Waals surface area contributed by atoms with Crippen LogP contribution in [-0.4, -0.2) is 23.7 Å². The van der Waals surface area contributed by atoms with Gasteiger partial charge in [-0.1, -0.05) is 90.0 Å². The number of rotatable bonds is 4. The average molecular weight is 525 g/mol. The first-order valence-corrected chi connectivity index (χ1v) is 12.7. The van der Waals surface area contributed by atoms with Gasteiger partial charge in [0.2, 0.25) is 0 Å². The van der Waals surface area contributed by atoms with Gasteiger partial charge in [0.15, 0.2) is 0 Å². The van der Waals surface area contributed by atoms with E-state index in [9.17, 15) is 4.79 Å². The van der Waals surface area contributed by atoms with Crippen molar-refractivity contribution >= 4 is 56.4 Å². The highest BCUT2D eigenvalue weighted by Crippen LogP contribution is 2.40. The van der Waals surface area contributed by atoms with Crippen molar-refractivity contribution in [3.63, 3.8) is 0 Å². The summed E-state index contributed by atoms with van der Waals surface area (Å²) in [5, 5.41) is 11.2. The van der Waals surface area contributed by atoms with Crippen molar-refractivity contribution < 1.29 is 4.79 Å². The van der Waals surface area contributed by atoms with Crippen LogP contribution in [0.1, 0.15) is 51.9 Å². The lowest BCUT2D eigenvalue weighted by molar-refractivity contribution is -0.115. The fraction of sp³-hybridized carbons (Fsp3) is 0.500. The van der Waals surface area contributed by atoms with Crippen LogP contribution >= 0.6 is 39.1 Å². The molecule has 1 amide bonds. The van der Waals surface area contributed by atoms with Crippen LogP contribution in [0.5, 0.6) is 0 Å². The number of benzene rings is 1. The van der Waals surface area contributed by atoms with Crippen molar-refractivity contribution in [3.8, 4) is 0 Å². The molecule has 0 spiro atoms. The summed E-state index contributed by atoms with van der Waals surface area (Å²) < 4.78 is 1.08. The van der Waals surface area contributed by atoms with Gasteiger partial charge in [-0.25, -0.2) is 0 Å². The molecule has 1 saturated carbocycles. The number of hydrazone groups is 1. The molecule has 1 aromatic rings. The lowest BCUT2D eigenvalue weighted by atomic mass is 9.83. The molecule has 1 aliphatic heterocycles. The number of amides is 1. The molecule has 0 saturated heterocycles. The van der Waals surface area contributed by atoms with Gasteiger partial charge in [-0.05, 0) is 37.5 Å². The molecule has 1 heterocycles. The number of carbonyl (C=O) groups is 1. The molecule has 1 aromatic carbocycles. The Hall–Kier alpha value is -1.30. The van der Waals surface area contributed by atoms with Gasteiger partial charge in [0.1, 0.15) is 5.71 Å². The van der Waals surface area contributed by atoms with Crippen molar-refractivity contribution in [2.75, 3.05) is 5.01 Å². The number of hydrogen-bond acceptors (Lipinski definition) is 3. The first-order chi connectivity index (χ1) is 14.9. The van der Waals surface area contributed by atoms with E-state index in [1.807, 2.05) is 17.1 Å². The van der Waals surface area contributed by atoms with Crippen molar-refractivity contribution in [2.24, 2.45) is 16.9 Å². The Morgan fingerprint density at radius 1 is 1.19 bits per heavy atom. The van der Waals surface area contributed by atoms with E-state index in [1.165, 1.54) is 25.7 Å². The third-order valence-electron chi connectivity index (χ3n) is 6.55. The number of nitrogens with one attached hydrogen (secondary N) is 1. The Morgan fingerprint density at radius 3 is 2.58 bits per heavy atom. The summed E-state index contributed by atoms with van der Waals surface area (Å²) in [5.74, 6) is 0.140. The SMILES string of the molecule is C[C@H]1C(C(=O)NC2CCCCCC2)=NN(c2ccc(Cl)cc2Cl)[C@H]1C1C=CC(Br)=CC1. The van der Waals surface area contributed by atoms with Gasteiger partial charge >= 0.3 is 0 Å². The molecule has 4 rings (SSSR count). The highest BCUT2D eigenvalue weighted by Gasteiger charge is 2.42. The molecule has 1 fully saturated rings. The molecule has 0 aromatic heterocycles. The van der Waals surface area contributed by atoms with Crippen LogP contribution in [0.15, 0.2) is 46.0 Å². The molecule has 0 radical (unpaired) electrons. The topological polar surface area (TPSA) is 44.7 Å². The molecule has 3 aliphatic rings. The summed E-state index contributed by atoms with van der Waals surface area (Å²) in [4.78, 5) is 13.3. The third kappa shape index (κ3) is 5.20. The number of carbonyl (C=O) groups excluding carboxylic acids is 1. The van der Waals surface area contributed by atoms with Crippen molar-refractivity contribution in [1.82, 2.24) is 5.32 Å². The van der Waals surface area contributed by atoms with Crippen LogP contribution in [0, 0.1) is 11.8 Å². The number of hydrogen-bond donors (Lipinski definition) is 1. The summed E-state index contributed by atoms with van der Waals surface area (Å²) in [6.07, 6.45) is 14.3. The zero-order valence-corrected chi connectivity index (χ0v) is 20.8. The monoisotopic (exact) mass is 523 g/mol. The fourth-order valence-electron chi connectivity index (χ4n) is 4.88. The zero-order chi connectivity index (χ0) is 22.0. The van der Waals surface area contributed by atoms with E-state index in [1.54, 1.807) is 6.07 Å². The minimum Gasteiger partial charge on any atom is -0.348 e. The van der Waals surface area contributed by atoms with Gasteiger partial charge in [0.25, 0.3) is 5.91 Å². The summed E-state index contributed by atoms with van der Waals surface area (Å²) >= 11 is 16.2. The zero-order valence-electron chi connectivity index (χ0n) is 17.7. The van der Waals surface area contributed by atoms with Gasteiger partial charge in [-0.3, -0.25) is 9.80 Å². The van der Waals surface area contributed by atoms with Gasteiger partial charge in [-0.2, -0.15) is 5.10 Å². The van der Waals surface area contributed by atoms with Crippen LogP contribution in [0.4, 0.5) is 5.69 Å². The predicted molar refractivity (Wildman–Crippen MR) is 133 cm³/mol. The van der Waals surface area contributed by atoms with Gasteiger partial charge in [-0.15, -0.1) is 0 Å². The van der Waals surface area contributed by atoms with E-state index >= 15 is 0 Å². The maximum atomic E-state index is 13.3. The minimum absolute atomic E-state index is 0.00154. The van der Waals surface area contributed by atoms with E-state index in [0.717, 1.165) is 29.4 Å². The molecule has 0 bridgehead atoms. The van der Waals surface area contributed by atoms with Crippen LogP contribution in [0.3, 0.4) is 0 Å². The molecule has 1 N–H and O–H groups in total. The van der Waals surface area contributed by atoms with E-state index in [-0.39, 0.29) is 29.8 Å². The molecule has 1 unspecified atom stereocenters. The van der Waals surface area contributed by atoms with Crippen LogP contribution in [0.25, 0.3) is 0 Å². The van der Waals surface area contributed by atoms with E-state index in [0.29, 0.717) is 15.8 Å². The normalized spacial score (nSPS) is 27.0. The lowest BCUT2D eigenvalue weighted by Gasteiger charge is -2.33. The second-order valence-corrected chi connectivity index (χ2v) is 10.5. The lowest BCUT2D eigenvalue weighted by Crippen LogP contribution is -2.43. The van der Waals surface area contributed by atoms with E-state index < -0.39 is 0 Å². The smallest absolute Gasteiger partial charge is 0.268 e. The second-order valence-electron chi connectivity index (χ2n) is 8.71. The Morgan fingerprint density at radius 2 is 1.94 bits per heavy atom. The Bertz CT molecular complexity index is 921. The molecule has 3 atom stereocenters. The predicted octanol–water partition coefficient (Wildman–Crippen LogP) is 6.87. The largest absolute Gasteiger partial charge is 0.348 e. The quantitative estimate of drug-likeness (QED) is 0.437. The molecule has 166 valence electrons. The standard InChI is InChI=1S/C24H28BrCl2N3O/c1-15-22(24(31)28-19-6-4-2-3-5-7-19)29-30(21-13-12-18(26)14-20(21)27)23(15)16-8-10-17(25)11-9-16/h8,10-16,19,23H,2-7,9H2,1H3,(H,28,31)/t15-,16?,23+/m0/s1. The Kier molecular flexibility index (Phi) is 7.45. The molecule has 31 heavy (non-hydrogen) atoms. The fourth-order valence-corrected chi connectivity index (χ4v) is 5.71. The van der Waals surface area contributed by atoms with Gasteiger partial charge in [0, 0.05) is 27.4 Å². The van der Waals surface area contributed by atoms with Crippen molar-refractivity contribution in [3.05, 3.63) is 51.0 Å². The third-order valence-corrected chi connectivity index (χ3v) is 7.67. The van der Waals surface area contributed by atoms with Crippen LogP contribution in [-0.2, 0) is 4.79 Å². The number of nitrogens with zero attached hydrogens (tertiary/aromatic N) is 2. The molecule has 4 nitrogen and oxygen atoms in total. The summed E-state index contributed by atoms with van der Waals surface area (Å²) in [5.41, 5.74) is 1.37. The minimum atomic E-state index is -0.0477. The highest BCUT2D eigenvalue weighted by molar-refractivity contribution is 9.11. The van der Waals surface area contributed by atoms with Crippen molar-refractivity contribution in [2.45, 2.75) is 64.0 Å². The van der Waals surface area contributed by atoms with E-state index in [2.05, 4.69) is 46.4 Å². The molecule has 7 heteroatoms. The number of allylic oxidation sites excluding steroid dienone is 3. The average Bonchev–Trinajstić information content (AvgIpc) is 2.89. The Labute approximate surface area is 202 Å². The summed E-state index contributed by atoms with van der Waals surface area (Å²) in [7, 11) is 0. The molecular formula is C24H28BrCl2N3O. The summed E-state index contributed by atoms with van der Waals surface area (Å²) in [6.45, 7) is 2.10. The summed E-state index contributed by atoms with van der Waals surface area (Å²) in [6, 6.07) is 5.67. The van der Waals surface area contributed by atoms with Crippen LogP contribution in [0.2, 0.25) is 10.0 Å². The first-order valence-electron chi connectivity index (χ1n) is 11.1. The van der Waals surface area contributed by atoms with Gasteiger partial charge in [0.05, 0.1) is 16.8 Å². The van der Waals surface area contributed by atoms with Crippen LogP contribution < -0.4 is 10.3 Å². The maximum Gasteiger partial charge on any atom is 0.268 e. The molecule has 2 aliphatic carbocycles. The van der Waals surface area contributed by atoms with Gasteiger partial charge < -0.3 is 5.32 Å². The highest BCUT2D eigenvalue weighted by atomic mass is 79.9. The van der Waals surface area contributed by atoms with Crippen molar-refractivity contribution in [1.29, 1.82) is 0 Å². The first kappa shape index (κ1) is 22.9. The Balaban J connectivity index is 1.62. The number of halogens is 3.